The highest BCUT2D eigenvalue weighted by Gasteiger charge is 2.13. The molecule has 0 aromatic heterocycles. The predicted octanol–water partition coefficient (Wildman–Crippen LogP) is 4.15. The van der Waals surface area contributed by atoms with Crippen LogP contribution < -0.4 is 10.1 Å². The minimum Gasteiger partial charge on any atom is -0.488 e. The molecule has 0 aliphatic carbocycles. The first-order chi connectivity index (χ1) is 7.78. The van der Waals surface area contributed by atoms with E-state index in [4.69, 9.17) is 27.9 Å². The summed E-state index contributed by atoms with van der Waals surface area (Å²) in [5.74, 6) is 0.666. The Kier molecular flexibility index (Phi) is 5.11. The quantitative estimate of drug-likeness (QED) is 0.892. The van der Waals surface area contributed by atoms with E-state index in [9.17, 15) is 0 Å². The summed E-state index contributed by atoms with van der Waals surface area (Å²) in [6.07, 6.45) is 0.0490. The maximum absolute atomic E-state index is 6.03. The van der Waals surface area contributed by atoms with Gasteiger partial charge in [0.15, 0.2) is 0 Å². The molecule has 0 saturated heterocycles. The van der Waals surface area contributed by atoms with Crippen LogP contribution in [0.4, 0.5) is 0 Å². The standard InChI is InChI=1S/C13H19Cl2NO/c1-9(8-16-13(2,3)4)17-12-6-5-10(14)7-11(12)15/h5-7,9,16H,8H2,1-4H3. The zero-order valence-electron chi connectivity index (χ0n) is 10.7. The molecule has 0 fully saturated rings. The van der Waals surface area contributed by atoms with Gasteiger partial charge in [0.1, 0.15) is 11.9 Å². The van der Waals surface area contributed by atoms with Gasteiger partial charge < -0.3 is 10.1 Å². The summed E-state index contributed by atoms with van der Waals surface area (Å²) < 4.78 is 5.74. The fourth-order valence-corrected chi connectivity index (χ4v) is 1.73. The molecule has 0 aliphatic rings. The molecule has 1 aromatic carbocycles. The van der Waals surface area contributed by atoms with Crippen LogP contribution in [0, 0.1) is 0 Å². The highest BCUT2D eigenvalue weighted by molar-refractivity contribution is 6.35. The third kappa shape index (κ3) is 5.62. The molecule has 1 atom stereocenters. The molecule has 96 valence electrons. The molecule has 4 heteroatoms. The molecule has 0 amide bonds. The molecule has 0 bridgehead atoms. The maximum atomic E-state index is 6.03. The summed E-state index contributed by atoms with van der Waals surface area (Å²) >= 11 is 11.9. The molecular weight excluding hydrogens is 257 g/mol. The Morgan fingerprint density at radius 1 is 1.29 bits per heavy atom. The third-order valence-corrected chi connectivity index (χ3v) is 2.67. The molecule has 0 heterocycles. The summed E-state index contributed by atoms with van der Waals surface area (Å²) in [5, 5.41) is 4.53. The van der Waals surface area contributed by atoms with Crippen molar-refractivity contribution in [3.63, 3.8) is 0 Å². The van der Waals surface area contributed by atoms with Crippen molar-refractivity contribution >= 4 is 23.2 Å². The van der Waals surface area contributed by atoms with Gasteiger partial charge >= 0.3 is 0 Å². The first-order valence-corrected chi connectivity index (χ1v) is 6.40. The van der Waals surface area contributed by atoms with Crippen molar-refractivity contribution in [1.82, 2.24) is 5.32 Å². The van der Waals surface area contributed by atoms with Gasteiger partial charge in [0.05, 0.1) is 5.02 Å². The Morgan fingerprint density at radius 2 is 1.94 bits per heavy atom. The summed E-state index contributed by atoms with van der Waals surface area (Å²) in [5.41, 5.74) is 0.0847. The van der Waals surface area contributed by atoms with Crippen molar-refractivity contribution in [2.45, 2.75) is 39.3 Å². The maximum Gasteiger partial charge on any atom is 0.138 e. The van der Waals surface area contributed by atoms with E-state index < -0.39 is 0 Å². The first-order valence-electron chi connectivity index (χ1n) is 5.64. The van der Waals surface area contributed by atoms with Gasteiger partial charge in [0.2, 0.25) is 0 Å². The van der Waals surface area contributed by atoms with Gasteiger partial charge in [0.25, 0.3) is 0 Å². The van der Waals surface area contributed by atoms with Crippen molar-refractivity contribution < 1.29 is 4.74 Å². The normalized spacial score (nSPS) is 13.5. The number of hydrogen-bond acceptors (Lipinski definition) is 2. The van der Waals surface area contributed by atoms with E-state index in [1.54, 1.807) is 18.2 Å². The lowest BCUT2D eigenvalue weighted by Gasteiger charge is -2.24. The SMILES string of the molecule is CC(CNC(C)(C)C)Oc1ccc(Cl)cc1Cl. The van der Waals surface area contributed by atoms with Crippen molar-refractivity contribution in [3.05, 3.63) is 28.2 Å². The van der Waals surface area contributed by atoms with E-state index in [0.717, 1.165) is 6.54 Å². The Bertz CT molecular complexity index is 374. The van der Waals surface area contributed by atoms with E-state index in [1.165, 1.54) is 0 Å². The van der Waals surface area contributed by atoms with Gasteiger partial charge in [-0.2, -0.15) is 0 Å². The topological polar surface area (TPSA) is 21.3 Å². The van der Waals surface area contributed by atoms with E-state index in [-0.39, 0.29) is 11.6 Å². The molecule has 1 rings (SSSR count). The van der Waals surface area contributed by atoms with Crippen molar-refractivity contribution in [2.75, 3.05) is 6.54 Å². The van der Waals surface area contributed by atoms with E-state index >= 15 is 0 Å². The molecule has 0 radical (unpaired) electrons. The molecule has 2 nitrogen and oxygen atoms in total. The smallest absolute Gasteiger partial charge is 0.138 e. The van der Waals surface area contributed by atoms with Gasteiger partial charge in [-0.25, -0.2) is 0 Å². The lowest BCUT2D eigenvalue weighted by Crippen LogP contribution is -2.41. The van der Waals surface area contributed by atoms with Crippen LogP contribution in [0.5, 0.6) is 5.75 Å². The number of hydrogen-bond donors (Lipinski definition) is 1. The zero-order chi connectivity index (χ0) is 13.1. The molecule has 0 saturated carbocycles. The van der Waals surface area contributed by atoms with Crippen molar-refractivity contribution in [3.8, 4) is 5.75 Å². The van der Waals surface area contributed by atoms with Crippen LogP contribution >= 0.6 is 23.2 Å². The lowest BCUT2D eigenvalue weighted by atomic mass is 10.1. The Morgan fingerprint density at radius 3 is 2.47 bits per heavy atom. The minimum atomic E-state index is 0.0490. The van der Waals surface area contributed by atoms with Crippen LogP contribution in [0.3, 0.4) is 0 Å². The fraction of sp³-hybridized carbons (Fsp3) is 0.538. The molecule has 0 spiro atoms. The summed E-state index contributed by atoms with van der Waals surface area (Å²) in [6, 6.07) is 5.24. The molecule has 1 unspecified atom stereocenters. The highest BCUT2D eigenvalue weighted by Crippen LogP contribution is 2.28. The summed E-state index contributed by atoms with van der Waals surface area (Å²) in [4.78, 5) is 0. The number of benzene rings is 1. The second kappa shape index (κ2) is 5.94. The molecule has 1 aromatic rings. The van der Waals surface area contributed by atoms with E-state index in [0.29, 0.717) is 15.8 Å². The highest BCUT2D eigenvalue weighted by atomic mass is 35.5. The summed E-state index contributed by atoms with van der Waals surface area (Å²) in [7, 11) is 0. The van der Waals surface area contributed by atoms with Crippen LogP contribution in [0.25, 0.3) is 0 Å². The van der Waals surface area contributed by atoms with Crippen molar-refractivity contribution in [2.24, 2.45) is 0 Å². The molecule has 1 N–H and O–H groups in total. The average Bonchev–Trinajstić information content (AvgIpc) is 2.18. The second-order valence-corrected chi connectivity index (χ2v) is 5.98. The third-order valence-electron chi connectivity index (χ3n) is 2.14. The van der Waals surface area contributed by atoms with Crippen LogP contribution in [0.1, 0.15) is 27.7 Å². The van der Waals surface area contributed by atoms with Crippen LogP contribution in [-0.4, -0.2) is 18.2 Å². The number of nitrogens with one attached hydrogen (secondary N) is 1. The van der Waals surface area contributed by atoms with Gasteiger partial charge in [-0.3, -0.25) is 0 Å². The largest absolute Gasteiger partial charge is 0.488 e. The van der Waals surface area contributed by atoms with Gasteiger partial charge in [0, 0.05) is 17.1 Å². The minimum absolute atomic E-state index is 0.0490. The van der Waals surface area contributed by atoms with E-state index in [2.05, 4.69) is 26.1 Å². The average molecular weight is 276 g/mol. The van der Waals surface area contributed by atoms with Crippen LogP contribution in [0.15, 0.2) is 18.2 Å². The zero-order valence-corrected chi connectivity index (χ0v) is 12.2. The Labute approximate surface area is 113 Å². The predicted molar refractivity (Wildman–Crippen MR) is 74.3 cm³/mol. The fourth-order valence-electron chi connectivity index (χ4n) is 1.28. The molecular formula is C13H19Cl2NO. The number of ether oxygens (including phenoxy) is 1. The molecule has 0 aliphatic heterocycles. The van der Waals surface area contributed by atoms with E-state index in [1.807, 2.05) is 6.92 Å². The lowest BCUT2D eigenvalue weighted by molar-refractivity contribution is 0.203. The Hall–Kier alpha value is -0.440. The van der Waals surface area contributed by atoms with Gasteiger partial charge in [-0.05, 0) is 45.9 Å². The Balaban J connectivity index is 2.53. The van der Waals surface area contributed by atoms with Crippen LogP contribution in [0.2, 0.25) is 10.0 Å². The monoisotopic (exact) mass is 275 g/mol. The van der Waals surface area contributed by atoms with Gasteiger partial charge in [-0.1, -0.05) is 23.2 Å². The van der Waals surface area contributed by atoms with Crippen molar-refractivity contribution in [1.29, 1.82) is 0 Å². The second-order valence-electron chi connectivity index (χ2n) is 5.13. The van der Waals surface area contributed by atoms with Gasteiger partial charge in [-0.15, -0.1) is 0 Å². The first kappa shape index (κ1) is 14.6. The number of halogens is 2. The molecule has 17 heavy (non-hydrogen) atoms. The number of rotatable bonds is 4. The van der Waals surface area contributed by atoms with Crippen LogP contribution in [-0.2, 0) is 0 Å². The summed E-state index contributed by atoms with van der Waals surface area (Å²) in [6.45, 7) is 9.13.